The van der Waals surface area contributed by atoms with Crippen molar-refractivity contribution in [3.8, 4) is 0 Å². The van der Waals surface area contributed by atoms with Crippen molar-refractivity contribution in [2.24, 2.45) is 0 Å². The Morgan fingerprint density at radius 1 is 1.26 bits per heavy atom. The SMILES string of the molecule is CC(C)(C)c1nn(C2CCCCCC2O)c(N)c1I. The van der Waals surface area contributed by atoms with Gasteiger partial charge in [-0.15, -0.1) is 0 Å². The maximum atomic E-state index is 10.3. The first-order chi connectivity index (χ1) is 8.82. The van der Waals surface area contributed by atoms with Crippen molar-refractivity contribution in [3.63, 3.8) is 0 Å². The molecule has 5 heteroatoms. The van der Waals surface area contributed by atoms with E-state index in [1.807, 2.05) is 4.68 Å². The van der Waals surface area contributed by atoms with Crippen molar-refractivity contribution >= 4 is 28.4 Å². The van der Waals surface area contributed by atoms with Crippen LogP contribution in [0.1, 0.15) is 64.6 Å². The van der Waals surface area contributed by atoms with E-state index < -0.39 is 0 Å². The molecule has 2 atom stereocenters. The highest BCUT2D eigenvalue weighted by atomic mass is 127. The van der Waals surface area contributed by atoms with Gasteiger partial charge in [0.2, 0.25) is 0 Å². The van der Waals surface area contributed by atoms with Gasteiger partial charge in [-0.1, -0.05) is 40.0 Å². The van der Waals surface area contributed by atoms with Gasteiger partial charge in [-0.25, -0.2) is 4.68 Å². The number of nitrogens with two attached hydrogens (primary N) is 1. The molecular formula is C14H24IN3O. The van der Waals surface area contributed by atoms with Crippen LogP contribution in [0.3, 0.4) is 0 Å². The molecule has 1 aliphatic carbocycles. The van der Waals surface area contributed by atoms with E-state index in [-0.39, 0.29) is 17.6 Å². The van der Waals surface area contributed by atoms with E-state index in [1.54, 1.807) is 0 Å². The predicted octanol–water partition coefficient (Wildman–Crippen LogP) is 3.23. The van der Waals surface area contributed by atoms with Crippen LogP contribution >= 0.6 is 22.6 Å². The monoisotopic (exact) mass is 377 g/mol. The Labute approximate surface area is 128 Å². The average Bonchev–Trinajstić information content (AvgIpc) is 2.50. The van der Waals surface area contributed by atoms with Crippen LogP contribution < -0.4 is 5.73 Å². The van der Waals surface area contributed by atoms with Gasteiger partial charge in [0, 0.05) is 5.41 Å². The molecule has 0 amide bonds. The van der Waals surface area contributed by atoms with Gasteiger partial charge in [-0.2, -0.15) is 5.10 Å². The van der Waals surface area contributed by atoms with Crippen LogP contribution in [0.25, 0.3) is 0 Å². The highest BCUT2D eigenvalue weighted by molar-refractivity contribution is 14.1. The van der Waals surface area contributed by atoms with E-state index >= 15 is 0 Å². The van der Waals surface area contributed by atoms with E-state index in [1.165, 1.54) is 6.42 Å². The van der Waals surface area contributed by atoms with Gasteiger partial charge in [0.1, 0.15) is 5.82 Å². The smallest absolute Gasteiger partial charge is 0.135 e. The third-order valence-corrected chi connectivity index (χ3v) is 4.92. The quantitative estimate of drug-likeness (QED) is 0.584. The second-order valence-corrected chi connectivity index (χ2v) is 7.59. The fourth-order valence-electron chi connectivity index (χ4n) is 2.71. The molecule has 0 bridgehead atoms. The largest absolute Gasteiger partial charge is 0.391 e. The number of anilines is 1. The Morgan fingerprint density at radius 2 is 1.89 bits per heavy atom. The molecule has 1 aromatic rings. The molecule has 0 saturated heterocycles. The number of aliphatic hydroxyl groups is 1. The number of aliphatic hydroxyl groups excluding tert-OH is 1. The van der Waals surface area contributed by atoms with Crippen LogP contribution in [0.2, 0.25) is 0 Å². The van der Waals surface area contributed by atoms with Crippen molar-refractivity contribution in [2.75, 3.05) is 5.73 Å². The summed E-state index contributed by atoms with van der Waals surface area (Å²) in [6.45, 7) is 6.43. The molecule has 0 radical (unpaired) electrons. The summed E-state index contributed by atoms with van der Waals surface area (Å²) in [5, 5.41) is 15.0. The number of nitrogen functional groups attached to an aromatic ring is 1. The van der Waals surface area contributed by atoms with Crippen LogP contribution in [0, 0.1) is 3.57 Å². The fourth-order valence-corrected chi connectivity index (χ4v) is 3.88. The number of rotatable bonds is 1. The molecule has 1 saturated carbocycles. The molecule has 19 heavy (non-hydrogen) atoms. The van der Waals surface area contributed by atoms with Crippen LogP contribution in [-0.4, -0.2) is 21.0 Å². The lowest BCUT2D eigenvalue weighted by Gasteiger charge is -2.22. The molecule has 4 nitrogen and oxygen atoms in total. The lowest BCUT2D eigenvalue weighted by Crippen LogP contribution is -2.25. The first-order valence-corrected chi connectivity index (χ1v) is 8.12. The van der Waals surface area contributed by atoms with Crippen LogP contribution in [0.4, 0.5) is 5.82 Å². The van der Waals surface area contributed by atoms with Gasteiger partial charge in [-0.05, 0) is 35.4 Å². The highest BCUT2D eigenvalue weighted by Gasteiger charge is 2.30. The molecular weight excluding hydrogens is 353 g/mol. The summed E-state index contributed by atoms with van der Waals surface area (Å²) in [4.78, 5) is 0. The highest BCUT2D eigenvalue weighted by Crippen LogP contribution is 2.35. The van der Waals surface area contributed by atoms with Crippen molar-refractivity contribution in [1.29, 1.82) is 0 Å². The number of halogens is 1. The summed E-state index contributed by atoms with van der Waals surface area (Å²) < 4.78 is 2.90. The Morgan fingerprint density at radius 3 is 2.47 bits per heavy atom. The van der Waals surface area contributed by atoms with E-state index in [4.69, 9.17) is 10.8 Å². The van der Waals surface area contributed by atoms with E-state index in [0.29, 0.717) is 5.82 Å². The van der Waals surface area contributed by atoms with Gasteiger partial charge in [0.05, 0.1) is 21.4 Å². The van der Waals surface area contributed by atoms with Crippen molar-refractivity contribution in [2.45, 2.75) is 70.4 Å². The van der Waals surface area contributed by atoms with Crippen LogP contribution in [0.5, 0.6) is 0 Å². The molecule has 2 unspecified atom stereocenters. The van der Waals surface area contributed by atoms with Gasteiger partial charge in [-0.3, -0.25) is 0 Å². The van der Waals surface area contributed by atoms with Crippen LogP contribution in [-0.2, 0) is 5.41 Å². The maximum absolute atomic E-state index is 10.3. The number of nitrogens with zero attached hydrogens (tertiary/aromatic N) is 2. The molecule has 1 fully saturated rings. The average molecular weight is 377 g/mol. The Kier molecular flexibility index (Phi) is 4.45. The topological polar surface area (TPSA) is 64.1 Å². The molecule has 108 valence electrons. The predicted molar refractivity (Wildman–Crippen MR) is 86.2 cm³/mol. The van der Waals surface area contributed by atoms with Gasteiger partial charge < -0.3 is 10.8 Å². The minimum atomic E-state index is -0.326. The summed E-state index contributed by atoms with van der Waals surface area (Å²) in [6.07, 6.45) is 4.92. The first kappa shape index (κ1) is 15.1. The zero-order valence-electron chi connectivity index (χ0n) is 12.0. The number of hydrogen-bond acceptors (Lipinski definition) is 3. The Balaban J connectivity index is 2.39. The molecule has 0 aromatic carbocycles. The Hall–Kier alpha value is -0.300. The molecule has 1 heterocycles. The lowest BCUT2D eigenvalue weighted by molar-refractivity contribution is 0.0997. The van der Waals surface area contributed by atoms with Gasteiger partial charge in [0.25, 0.3) is 0 Å². The second kappa shape index (κ2) is 5.60. The van der Waals surface area contributed by atoms with Crippen LogP contribution in [0.15, 0.2) is 0 Å². The van der Waals surface area contributed by atoms with Crippen molar-refractivity contribution in [1.82, 2.24) is 9.78 Å². The minimum absolute atomic E-state index is 0.0222. The Bertz CT molecular complexity index is 450. The summed E-state index contributed by atoms with van der Waals surface area (Å²) in [5.41, 5.74) is 7.23. The molecule has 2 rings (SSSR count). The van der Waals surface area contributed by atoms with Crippen molar-refractivity contribution < 1.29 is 5.11 Å². The molecule has 0 aliphatic heterocycles. The van der Waals surface area contributed by atoms with Gasteiger partial charge >= 0.3 is 0 Å². The van der Waals surface area contributed by atoms with E-state index in [9.17, 15) is 5.11 Å². The zero-order chi connectivity index (χ0) is 14.2. The minimum Gasteiger partial charge on any atom is -0.391 e. The standard InChI is InChI=1S/C14H24IN3O/c1-14(2,3)12-11(15)13(16)18(17-12)9-7-5-4-6-8-10(9)19/h9-10,19H,4-8,16H2,1-3H3. The zero-order valence-corrected chi connectivity index (χ0v) is 14.1. The first-order valence-electron chi connectivity index (χ1n) is 7.04. The molecule has 3 N–H and O–H groups in total. The molecule has 1 aliphatic rings. The number of hydrogen-bond donors (Lipinski definition) is 2. The summed E-state index contributed by atoms with van der Waals surface area (Å²) >= 11 is 2.27. The van der Waals surface area contributed by atoms with Crippen molar-refractivity contribution in [3.05, 3.63) is 9.26 Å². The second-order valence-electron chi connectivity index (χ2n) is 6.52. The lowest BCUT2D eigenvalue weighted by atomic mass is 9.92. The van der Waals surface area contributed by atoms with Gasteiger partial charge in [0.15, 0.2) is 0 Å². The summed E-state index contributed by atoms with van der Waals surface area (Å²) in [6, 6.07) is 0.0344. The maximum Gasteiger partial charge on any atom is 0.135 e. The summed E-state index contributed by atoms with van der Waals surface area (Å²) in [5.74, 6) is 0.705. The normalized spacial score (nSPS) is 25.3. The number of aromatic nitrogens is 2. The van der Waals surface area contributed by atoms with E-state index in [0.717, 1.165) is 34.9 Å². The third-order valence-electron chi connectivity index (χ3n) is 3.86. The van der Waals surface area contributed by atoms with E-state index in [2.05, 4.69) is 43.4 Å². The summed E-state index contributed by atoms with van der Waals surface area (Å²) in [7, 11) is 0. The third kappa shape index (κ3) is 3.07. The fraction of sp³-hybridized carbons (Fsp3) is 0.786. The molecule has 1 aromatic heterocycles. The molecule has 0 spiro atoms.